The zero-order chi connectivity index (χ0) is 23.3. The lowest BCUT2D eigenvalue weighted by atomic mass is 10.0. The van der Waals surface area contributed by atoms with Crippen molar-refractivity contribution in [3.8, 4) is 11.5 Å². The molecule has 9 heteroatoms. The molecule has 0 amide bonds. The van der Waals surface area contributed by atoms with Crippen molar-refractivity contribution < 1.29 is 28.8 Å². The third-order valence-electron chi connectivity index (χ3n) is 4.85. The molecule has 0 aliphatic rings. The van der Waals surface area contributed by atoms with Crippen molar-refractivity contribution >= 4 is 29.2 Å². The van der Waals surface area contributed by atoms with Crippen LogP contribution in [0.4, 0.5) is 0 Å². The predicted octanol–water partition coefficient (Wildman–Crippen LogP) is 4.28. The van der Waals surface area contributed by atoms with E-state index < -0.39 is 12.1 Å². The third-order valence-corrected chi connectivity index (χ3v) is 5.50. The smallest absolute Gasteiger partial charge is 0.338 e. The van der Waals surface area contributed by atoms with E-state index in [9.17, 15) is 15.1 Å². The van der Waals surface area contributed by atoms with Gasteiger partial charge in [-0.15, -0.1) is 0 Å². The summed E-state index contributed by atoms with van der Waals surface area (Å²) in [5.74, 6) is 0.404. The summed E-state index contributed by atoms with van der Waals surface area (Å²) in [6, 6.07) is 11.6. The molecule has 168 valence electrons. The minimum absolute atomic E-state index is 0.119. The normalized spacial score (nSPS) is 11.7. The second-order valence-electron chi connectivity index (χ2n) is 6.86. The van der Waals surface area contributed by atoms with Gasteiger partial charge in [-0.2, -0.15) is 4.73 Å². The number of hydrogen-bond donors (Lipinski definition) is 1. The Morgan fingerprint density at radius 2 is 1.66 bits per heavy atom. The van der Waals surface area contributed by atoms with E-state index in [1.54, 1.807) is 42.5 Å². The monoisotopic (exact) mass is 477 g/mol. The molecule has 0 aliphatic carbocycles. The summed E-state index contributed by atoms with van der Waals surface area (Å²) in [4.78, 5) is 12.9. The van der Waals surface area contributed by atoms with Crippen LogP contribution in [0.25, 0.3) is 0 Å². The summed E-state index contributed by atoms with van der Waals surface area (Å²) in [5, 5.41) is 21.1. The zero-order valence-electron chi connectivity index (χ0n) is 17.4. The molecule has 3 rings (SSSR count). The predicted molar refractivity (Wildman–Crippen MR) is 119 cm³/mol. The van der Waals surface area contributed by atoms with Crippen molar-refractivity contribution in [2.45, 2.75) is 19.1 Å². The van der Waals surface area contributed by atoms with Crippen molar-refractivity contribution in [1.29, 1.82) is 0 Å². The van der Waals surface area contributed by atoms with Gasteiger partial charge in [-0.25, -0.2) is 4.79 Å². The van der Waals surface area contributed by atoms with Gasteiger partial charge in [0.15, 0.2) is 23.9 Å². The Morgan fingerprint density at radius 1 is 1.03 bits per heavy atom. The highest BCUT2D eigenvalue weighted by Crippen LogP contribution is 2.35. The number of hydrogen-bond acceptors (Lipinski definition) is 6. The molecule has 0 spiro atoms. The number of pyridine rings is 1. The number of esters is 1. The molecule has 7 nitrogen and oxygen atoms in total. The molecule has 2 aromatic carbocycles. The summed E-state index contributed by atoms with van der Waals surface area (Å²) < 4.78 is 17.0. The lowest BCUT2D eigenvalue weighted by Gasteiger charge is -2.21. The second kappa shape index (κ2) is 10.5. The van der Waals surface area contributed by atoms with Crippen molar-refractivity contribution in [3.05, 3.63) is 92.4 Å². The minimum Gasteiger partial charge on any atom is -0.619 e. The molecule has 1 heterocycles. The van der Waals surface area contributed by atoms with Crippen LogP contribution in [0.15, 0.2) is 54.9 Å². The quantitative estimate of drug-likeness (QED) is 0.295. The minimum atomic E-state index is -0.794. The Morgan fingerprint density at radius 3 is 2.22 bits per heavy atom. The molecule has 32 heavy (non-hydrogen) atoms. The fraction of sp³-hybridized carbons (Fsp3) is 0.217. The Hall–Kier alpha value is -3.00. The molecular weight excluding hydrogens is 457 g/mol. The van der Waals surface area contributed by atoms with E-state index in [-0.39, 0.29) is 23.1 Å². The van der Waals surface area contributed by atoms with Crippen molar-refractivity contribution in [2.75, 3.05) is 14.2 Å². The summed E-state index contributed by atoms with van der Waals surface area (Å²) in [7, 11) is 3.02. The molecule has 0 unspecified atom stereocenters. The molecule has 1 atom stereocenters. The fourth-order valence-electron chi connectivity index (χ4n) is 3.14. The van der Waals surface area contributed by atoms with Gasteiger partial charge in [0.1, 0.15) is 16.1 Å². The maximum Gasteiger partial charge on any atom is 0.338 e. The Balaban J connectivity index is 1.98. The lowest BCUT2D eigenvalue weighted by Crippen LogP contribution is -2.25. The first kappa shape index (κ1) is 23.7. The van der Waals surface area contributed by atoms with E-state index in [0.29, 0.717) is 38.5 Å². The highest BCUT2D eigenvalue weighted by Gasteiger charge is 2.24. The molecule has 0 saturated carbocycles. The molecule has 0 bridgehead atoms. The van der Waals surface area contributed by atoms with Crippen LogP contribution in [0.3, 0.4) is 0 Å². The molecule has 1 N–H and O–H groups in total. The number of aliphatic hydroxyl groups is 1. The van der Waals surface area contributed by atoms with Gasteiger partial charge in [0.05, 0.1) is 26.4 Å². The van der Waals surface area contributed by atoms with Crippen LogP contribution in [0, 0.1) is 5.21 Å². The van der Waals surface area contributed by atoms with Crippen LogP contribution in [-0.4, -0.2) is 25.3 Å². The maximum absolute atomic E-state index is 12.9. The van der Waals surface area contributed by atoms with Gasteiger partial charge in [0.25, 0.3) is 0 Å². The maximum atomic E-state index is 12.9. The van der Waals surface area contributed by atoms with Crippen LogP contribution in [0.2, 0.25) is 10.0 Å². The molecule has 3 aromatic rings. The lowest BCUT2D eigenvalue weighted by molar-refractivity contribution is -0.605. The Kier molecular flexibility index (Phi) is 7.80. The SMILES string of the molecule is COc1ccc([C@H](Cc2c(Cl)c[n+]([O-])cc2Cl)OC(=O)c2ccc(CO)cc2)cc1OC. The molecule has 1 aromatic heterocycles. The van der Waals surface area contributed by atoms with E-state index in [1.807, 2.05) is 0 Å². The van der Waals surface area contributed by atoms with Gasteiger partial charge in [-0.3, -0.25) is 0 Å². The van der Waals surface area contributed by atoms with E-state index in [0.717, 1.165) is 0 Å². The van der Waals surface area contributed by atoms with Crippen LogP contribution in [-0.2, 0) is 17.8 Å². The number of carbonyl (C=O) groups excluding carboxylic acids is 1. The highest BCUT2D eigenvalue weighted by molar-refractivity contribution is 6.35. The van der Waals surface area contributed by atoms with E-state index in [1.165, 1.54) is 26.6 Å². The average Bonchev–Trinajstić information content (AvgIpc) is 2.79. The number of halogens is 2. The number of aromatic nitrogens is 1. The van der Waals surface area contributed by atoms with Crippen LogP contribution in [0.1, 0.15) is 33.2 Å². The van der Waals surface area contributed by atoms with E-state index >= 15 is 0 Å². The standard InChI is InChI=1S/C23H21Cl2NO6/c1-30-20-8-7-16(9-22(20)31-2)21(10-17-18(24)11-26(29)12-19(17)25)32-23(28)15-5-3-14(13-27)4-6-15/h3-9,11-12,21,27H,10,13H2,1-2H3/t21-/m0/s1. The van der Waals surface area contributed by atoms with Crippen molar-refractivity contribution in [3.63, 3.8) is 0 Å². The number of methoxy groups -OCH3 is 2. The number of benzene rings is 2. The first-order valence-corrected chi connectivity index (χ1v) is 10.3. The van der Waals surface area contributed by atoms with Crippen molar-refractivity contribution in [2.24, 2.45) is 0 Å². The summed E-state index contributed by atoms with van der Waals surface area (Å²) >= 11 is 12.5. The van der Waals surface area contributed by atoms with Crippen LogP contribution < -0.4 is 14.2 Å². The van der Waals surface area contributed by atoms with Crippen molar-refractivity contribution in [1.82, 2.24) is 0 Å². The molecular formula is C23H21Cl2NO6. The van der Waals surface area contributed by atoms with Gasteiger partial charge < -0.3 is 24.5 Å². The van der Waals surface area contributed by atoms with Crippen LogP contribution >= 0.6 is 23.2 Å². The van der Waals surface area contributed by atoms with E-state index in [4.69, 9.17) is 37.4 Å². The zero-order valence-corrected chi connectivity index (χ0v) is 18.9. The summed E-state index contributed by atoms with van der Waals surface area (Å²) in [5.41, 5.74) is 2.07. The number of nitrogens with zero attached hydrogens (tertiary/aromatic N) is 1. The van der Waals surface area contributed by atoms with Crippen LogP contribution in [0.5, 0.6) is 11.5 Å². The topological polar surface area (TPSA) is 91.9 Å². The molecule has 0 radical (unpaired) electrons. The Labute approximate surface area is 195 Å². The number of carbonyl (C=O) groups is 1. The molecule has 0 saturated heterocycles. The molecule has 0 fully saturated rings. The Bertz CT molecular complexity index is 1080. The molecule has 0 aliphatic heterocycles. The summed E-state index contributed by atoms with van der Waals surface area (Å²) in [6.45, 7) is -0.131. The first-order valence-electron chi connectivity index (χ1n) is 9.55. The largest absolute Gasteiger partial charge is 0.619 e. The van der Waals surface area contributed by atoms with Gasteiger partial charge in [0, 0.05) is 12.0 Å². The second-order valence-corrected chi connectivity index (χ2v) is 7.67. The average molecular weight is 478 g/mol. The van der Waals surface area contributed by atoms with Gasteiger partial charge in [-0.1, -0.05) is 41.4 Å². The van der Waals surface area contributed by atoms with E-state index in [2.05, 4.69) is 0 Å². The van der Waals surface area contributed by atoms with Gasteiger partial charge >= 0.3 is 5.97 Å². The van der Waals surface area contributed by atoms with Gasteiger partial charge in [-0.05, 0) is 35.4 Å². The van der Waals surface area contributed by atoms with Gasteiger partial charge in [0.2, 0.25) is 0 Å². The highest BCUT2D eigenvalue weighted by atomic mass is 35.5. The fourth-order valence-corrected chi connectivity index (χ4v) is 3.73. The number of ether oxygens (including phenoxy) is 3. The number of aliphatic hydroxyl groups excluding tert-OH is 1. The summed E-state index contributed by atoms with van der Waals surface area (Å²) in [6.07, 6.45) is 1.69. The third kappa shape index (κ3) is 5.43. The first-order chi connectivity index (χ1) is 15.4. The number of rotatable bonds is 8.